The molecule has 1 aromatic heterocycles. The van der Waals surface area contributed by atoms with Gasteiger partial charge in [0.15, 0.2) is 0 Å². The molecule has 1 amide bonds. The summed E-state index contributed by atoms with van der Waals surface area (Å²) in [5, 5.41) is 13.1. The Balaban J connectivity index is 3.28. The highest BCUT2D eigenvalue weighted by Gasteiger charge is 2.22. The molecule has 1 heterocycles. The van der Waals surface area contributed by atoms with Gasteiger partial charge in [0.05, 0.1) is 12.3 Å². The molecular weight excluding hydrogens is 246 g/mol. The molecule has 0 atom stereocenters. The Morgan fingerprint density at radius 2 is 2.00 bits per heavy atom. The van der Waals surface area contributed by atoms with Crippen LogP contribution in [0.4, 0.5) is 0 Å². The highest BCUT2D eigenvalue weighted by molar-refractivity contribution is 5.95. The van der Waals surface area contributed by atoms with Gasteiger partial charge in [0.25, 0.3) is 11.5 Å². The zero-order valence-electron chi connectivity index (χ0n) is 11.9. The zero-order chi connectivity index (χ0) is 14.6. The zero-order valence-corrected chi connectivity index (χ0v) is 11.9. The van der Waals surface area contributed by atoms with E-state index in [0.717, 1.165) is 6.42 Å². The molecule has 0 saturated carbocycles. The standard InChI is InChI=1S/C13H21N3O3/c1-5-6-16(7-8-17)13(19)11-9(2)10(3)14-15(4)12(11)18/h17H,5-8H2,1-4H3. The Morgan fingerprint density at radius 3 is 2.53 bits per heavy atom. The summed E-state index contributed by atoms with van der Waals surface area (Å²) in [6, 6.07) is 0. The summed E-state index contributed by atoms with van der Waals surface area (Å²) < 4.78 is 1.18. The molecule has 1 aromatic rings. The van der Waals surface area contributed by atoms with E-state index in [1.54, 1.807) is 13.8 Å². The molecule has 0 aliphatic rings. The molecule has 0 unspecified atom stereocenters. The summed E-state index contributed by atoms with van der Waals surface area (Å²) in [5.41, 5.74) is 1.02. The van der Waals surface area contributed by atoms with Gasteiger partial charge in [0, 0.05) is 20.1 Å². The lowest BCUT2D eigenvalue weighted by Crippen LogP contribution is -2.40. The molecule has 106 valence electrons. The van der Waals surface area contributed by atoms with Crippen LogP contribution >= 0.6 is 0 Å². The predicted molar refractivity (Wildman–Crippen MR) is 72.2 cm³/mol. The van der Waals surface area contributed by atoms with Crippen molar-refractivity contribution in [1.29, 1.82) is 0 Å². The molecular formula is C13H21N3O3. The molecule has 0 spiro atoms. The minimum atomic E-state index is -0.396. The van der Waals surface area contributed by atoms with E-state index in [1.165, 1.54) is 16.6 Å². The van der Waals surface area contributed by atoms with Crippen molar-refractivity contribution in [2.45, 2.75) is 27.2 Å². The maximum absolute atomic E-state index is 12.4. The number of hydrogen-bond donors (Lipinski definition) is 1. The van der Waals surface area contributed by atoms with Crippen molar-refractivity contribution >= 4 is 5.91 Å². The van der Waals surface area contributed by atoms with E-state index < -0.39 is 5.56 Å². The molecule has 0 radical (unpaired) electrons. The van der Waals surface area contributed by atoms with Crippen LogP contribution in [-0.4, -0.2) is 45.4 Å². The van der Waals surface area contributed by atoms with Crippen LogP contribution in [0, 0.1) is 13.8 Å². The first-order chi connectivity index (χ1) is 8.93. The fraction of sp³-hybridized carbons (Fsp3) is 0.615. The fourth-order valence-electron chi connectivity index (χ4n) is 1.96. The number of carbonyl (C=O) groups excluding carboxylic acids is 1. The lowest BCUT2D eigenvalue weighted by molar-refractivity contribution is 0.0718. The van der Waals surface area contributed by atoms with Crippen LogP contribution in [0.1, 0.15) is 35.0 Å². The van der Waals surface area contributed by atoms with E-state index in [0.29, 0.717) is 17.8 Å². The van der Waals surface area contributed by atoms with Crippen LogP contribution in [-0.2, 0) is 7.05 Å². The van der Waals surface area contributed by atoms with Gasteiger partial charge in [-0.25, -0.2) is 4.68 Å². The van der Waals surface area contributed by atoms with Crippen molar-refractivity contribution < 1.29 is 9.90 Å². The van der Waals surface area contributed by atoms with Crippen molar-refractivity contribution in [1.82, 2.24) is 14.7 Å². The van der Waals surface area contributed by atoms with Crippen molar-refractivity contribution in [2.75, 3.05) is 19.7 Å². The van der Waals surface area contributed by atoms with Gasteiger partial charge < -0.3 is 10.0 Å². The van der Waals surface area contributed by atoms with Gasteiger partial charge in [-0.3, -0.25) is 9.59 Å². The second-order valence-electron chi connectivity index (χ2n) is 4.53. The Bertz CT molecular complexity index is 517. The van der Waals surface area contributed by atoms with E-state index in [2.05, 4.69) is 5.10 Å². The van der Waals surface area contributed by atoms with E-state index in [-0.39, 0.29) is 24.6 Å². The molecule has 1 N–H and O–H groups in total. The third-order valence-electron chi connectivity index (χ3n) is 3.09. The van der Waals surface area contributed by atoms with Crippen molar-refractivity contribution in [3.05, 3.63) is 27.2 Å². The second kappa shape index (κ2) is 6.47. The average molecular weight is 267 g/mol. The van der Waals surface area contributed by atoms with Crippen LogP contribution in [0.3, 0.4) is 0 Å². The molecule has 6 heteroatoms. The van der Waals surface area contributed by atoms with Gasteiger partial charge in [-0.1, -0.05) is 6.92 Å². The summed E-state index contributed by atoms with van der Waals surface area (Å²) in [6.07, 6.45) is 0.773. The molecule has 0 saturated heterocycles. The maximum Gasteiger partial charge on any atom is 0.279 e. The second-order valence-corrected chi connectivity index (χ2v) is 4.53. The predicted octanol–water partition coefficient (Wildman–Crippen LogP) is 0.242. The van der Waals surface area contributed by atoms with Crippen LogP contribution in [0.5, 0.6) is 0 Å². The van der Waals surface area contributed by atoms with Gasteiger partial charge in [-0.15, -0.1) is 0 Å². The maximum atomic E-state index is 12.4. The third kappa shape index (κ3) is 3.20. The fourth-order valence-corrected chi connectivity index (χ4v) is 1.96. The van der Waals surface area contributed by atoms with Gasteiger partial charge in [-0.05, 0) is 25.8 Å². The molecule has 0 fully saturated rings. The number of aryl methyl sites for hydroxylation is 2. The Labute approximate surface area is 112 Å². The number of nitrogens with zero attached hydrogens (tertiary/aromatic N) is 3. The first-order valence-corrected chi connectivity index (χ1v) is 6.38. The quantitative estimate of drug-likeness (QED) is 0.829. The highest BCUT2D eigenvalue weighted by Crippen LogP contribution is 2.09. The Hall–Kier alpha value is -1.69. The summed E-state index contributed by atoms with van der Waals surface area (Å²) in [7, 11) is 1.53. The number of hydrogen-bond acceptors (Lipinski definition) is 4. The lowest BCUT2D eigenvalue weighted by Gasteiger charge is -2.22. The van der Waals surface area contributed by atoms with Crippen molar-refractivity contribution in [3.63, 3.8) is 0 Å². The summed E-state index contributed by atoms with van der Waals surface area (Å²) in [5.74, 6) is -0.334. The van der Waals surface area contributed by atoms with Gasteiger partial charge in [-0.2, -0.15) is 5.10 Å². The molecule has 0 aliphatic carbocycles. The normalized spacial score (nSPS) is 10.6. The number of amides is 1. The topological polar surface area (TPSA) is 75.4 Å². The van der Waals surface area contributed by atoms with Gasteiger partial charge >= 0.3 is 0 Å². The molecule has 0 bridgehead atoms. The van der Waals surface area contributed by atoms with Crippen LogP contribution in [0.25, 0.3) is 0 Å². The van der Waals surface area contributed by atoms with Gasteiger partial charge in [0.1, 0.15) is 5.56 Å². The number of rotatable bonds is 5. The molecule has 1 rings (SSSR count). The van der Waals surface area contributed by atoms with Crippen LogP contribution < -0.4 is 5.56 Å². The minimum absolute atomic E-state index is 0.116. The third-order valence-corrected chi connectivity index (χ3v) is 3.09. The van der Waals surface area contributed by atoms with E-state index in [9.17, 15) is 9.59 Å². The smallest absolute Gasteiger partial charge is 0.279 e. The number of aromatic nitrogens is 2. The molecule has 6 nitrogen and oxygen atoms in total. The van der Waals surface area contributed by atoms with Crippen molar-refractivity contribution in [2.24, 2.45) is 7.05 Å². The first kappa shape index (κ1) is 15.4. The Kier molecular flexibility index (Phi) is 5.23. The first-order valence-electron chi connectivity index (χ1n) is 6.38. The summed E-state index contributed by atoms with van der Waals surface area (Å²) >= 11 is 0. The van der Waals surface area contributed by atoms with Gasteiger partial charge in [0.2, 0.25) is 0 Å². The Morgan fingerprint density at radius 1 is 1.37 bits per heavy atom. The summed E-state index contributed by atoms with van der Waals surface area (Å²) in [4.78, 5) is 26.0. The van der Waals surface area contributed by atoms with E-state index in [4.69, 9.17) is 5.11 Å². The van der Waals surface area contributed by atoms with E-state index in [1.807, 2.05) is 6.92 Å². The summed E-state index contributed by atoms with van der Waals surface area (Å²) in [6.45, 7) is 6.07. The molecule has 0 aromatic carbocycles. The monoisotopic (exact) mass is 267 g/mol. The minimum Gasteiger partial charge on any atom is -0.395 e. The largest absolute Gasteiger partial charge is 0.395 e. The average Bonchev–Trinajstić information content (AvgIpc) is 2.36. The SMILES string of the molecule is CCCN(CCO)C(=O)c1c(C)c(C)nn(C)c1=O. The number of carbonyl (C=O) groups is 1. The molecule has 0 aliphatic heterocycles. The highest BCUT2D eigenvalue weighted by atomic mass is 16.3. The molecule has 19 heavy (non-hydrogen) atoms. The van der Waals surface area contributed by atoms with Crippen LogP contribution in [0.2, 0.25) is 0 Å². The lowest BCUT2D eigenvalue weighted by atomic mass is 10.1. The number of aliphatic hydroxyl groups is 1. The number of aliphatic hydroxyl groups excluding tert-OH is 1. The van der Waals surface area contributed by atoms with Crippen molar-refractivity contribution in [3.8, 4) is 0 Å². The van der Waals surface area contributed by atoms with Crippen LogP contribution in [0.15, 0.2) is 4.79 Å². The van der Waals surface area contributed by atoms with E-state index >= 15 is 0 Å².